The van der Waals surface area contributed by atoms with Crippen LogP contribution in [0.2, 0.25) is 0 Å². The normalized spacial score (nSPS) is 22.8. The van der Waals surface area contributed by atoms with Crippen molar-refractivity contribution in [1.82, 2.24) is 14.7 Å². The van der Waals surface area contributed by atoms with Gasteiger partial charge < -0.3 is 14.5 Å². The molecule has 2 heterocycles. The van der Waals surface area contributed by atoms with Gasteiger partial charge in [-0.15, -0.1) is 0 Å². The second-order valence-corrected chi connectivity index (χ2v) is 9.96. The highest BCUT2D eigenvalue weighted by atomic mass is 16.5. The number of ether oxygens (including phenoxy) is 1. The van der Waals surface area contributed by atoms with Crippen molar-refractivity contribution in [2.45, 2.75) is 65.5 Å². The van der Waals surface area contributed by atoms with Gasteiger partial charge in [-0.05, 0) is 42.2 Å². The fourth-order valence-electron chi connectivity index (χ4n) is 4.77. The lowest BCUT2D eigenvalue weighted by atomic mass is 9.97. The Morgan fingerprint density at radius 2 is 1.63 bits per heavy atom. The number of rotatable bonds is 11. The zero-order chi connectivity index (χ0) is 21.3. The molecule has 2 fully saturated rings. The van der Waals surface area contributed by atoms with E-state index in [9.17, 15) is 0 Å². The summed E-state index contributed by atoms with van der Waals surface area (Å²) in [6, 6.07) is 9.31. The first kappa shape index (κ1) is 23.7. The molecule has 1 unspecified atom stereocenters. The molecule has 30 heavy (non-hydrogen) atoms. The molecule has 0 aliphatic carbocycles. The summed E-state index contributed by atoms with van der Waals surface area (Å²) in [5, 5.41) is 0. The molecule has 170 valence electrons. The van der Waals surface area contributed by atoms with E-state index in [1.165, 1.54) is 69.8 Å². The fraction of sp³-hybridized carbons (Fsp3) is 0.769. The van der Waals surface area contributed by atoms with E-state index in [1.54, 1.807) is 0 Å². The topological polar surface area (TPSA) is 19.0 Å². The largest absolute Gasteiger partial charge is 0.377 e. The molecule has 1 aromatic rings. The Hall–Kier alpha value is -0.940. The smallest absolute Gasteiger partial charge is 0.0714 e. The zero-order valence-electron chi connectivity index (χ0n) is 20.0. The van der Waals surface area contributed by atoms with Crippen LogP contribution < -0.4 is 0 Å². The number of benzene rings is 1. The second-order valence-electron chi connectivity index (χ2n) is 9.96. The van der Waals surface area contributed by atoms with Crippen molar-refractivity contribution in [2.24, 2.45) is 5.92 Å². The molecular weight excluding hydrogens is 370 g/mol. The summed E-state index contributed by atoms with van der Waals surface area (Å²) in [5.41, 5.74) is 2.92. The van der Waals surface area contributed by atoms with Gasteiger partial charge in [-0.25, -0.2) is 0 Å². The Balaban J connectivity index is 1.26. The van der Waals surface area contributed by atoms with Gasteiger partial charge in [0.1, 0.15) is 0 Å². The highest BCUT2D eigenvalue weighted by Gasteiger charge is 2.23. The minimum atomic E-state index is 0.465. The summed E-state index contributed by atoms with van der Waals surface area (Å²) >= 11 is 0. The second kappa shape index (κ2) is 12.2. The van der Waals surface area contributed by atoms with Crippen LogP contribution in [0.1, 0.15) is 64.0 Å². The summed E-state index contributed by atoms with van der Waals surface area (Å²) in [6.07, 6.45) is 4.05. The molecule has 1 aromatic carbocycles. The van der Waals surface area contributed by atoms with Crippen molar-refractivity contribution >= 4 is 0 Å². The minimum absolute atomic E-state index is 0.465. The summed E-state index contributed by atoms with van der Waals surface area (Å²) in [5.74, 6) is 1.42. The van der Waals surface area contributed by atoms with Crippen molar-refractivity contribution in [3.8, 4) is 0 Å². The quantitative estimate of drug-likeness (QED) is 0.497. The third-order valence-corrected chi connectivity index (χ3v) is 6.86. The number of likely N-dealkylation sites (tertiary alicyclic amines) is 1. The molecule has 0 N–H and O–H groups in total. The number of piperazine rings is 1. The molecule has 2 aliphatic rings. The van der Waals surface area contributed by atoms with E-state index in [4.69, 9.17) is 4.74 Å². The first-order chi connectivity index (χ1) is 14.5. The molecule has 0 aromatic heterocycles. The lowest BCUT2D eigenvalue weighted by molar-refractivity contribution is 0.0469. The van der Waals surface area contributed by atoms with Crippen LogP contribution in [0.25, 0.3) is 0 Å². The maximum Gasteiger partial charge on any atom is 0.0714 e. The first-order valence-corrected chi connectivity index (χ1v) is 12.4. The van der Waals surface area contributed by atoms with Gasteiger partial charge in [-0.1, -0.05) is 52.0 Å². The van der Waals surface area contributed by atoms with Crippen LogP contribution in [0.4, 0.5) is 0 Å². The van der Waals surface area contributed by atoms with E-state index in [-0.39, 0.29) is 0 Å². The number of nitrogens with zero attached hydrogens (tertiary/aromatic N) is 3. The zero-order valence-corrected chi connectivity index (χ0v) is 20.0. The third-order valence-electron chi connectivity index (χ3n) is 6.86. The maximum absolute atomic E-state index is 6.16. The molecular formula is C26H45N3O. The van der Waals surface area contributed by atoms with Crippen molar-refractivity contribution in [3.63, 3.8) is 0 Å². The minimum Gasteiger partial charge on any atom is -0.377 e. The summed E-state index contributed by atoms with van der Waals surface area (Å²) in [7, 11) is 0. The lowest BCUT2D eigenvalue weighted by Gasteiger charge is -2.34. The van der Waals surface area contributed by atoms with Crippen LogP contribution in [0.15, 0.2) is 24.3 Å². The van der Waals surface area contributed by atoms with Crippen LogP contribution >= 0.6 is 0 Å². The van der Waals surface area contributed by atoms with Gasteiger partial charge in [-0.3, -0.25) is 4.90 Å². The van der Waals surface area contributed by atoms with Gasteiger partial charge in [0.05, 0.1) is 6.10 Å². The van der Waals surface area contributed by atoms with Gasteiger partial charge in [0.25, 0.3) is 0 Å². The molecule has 0 radical (unpaired) electrons. The Morgan fingerprint density at radius 1 is 0.933 bits per heavy atom. The standard InChI is InChI=1S/C26H45N3O/c1-5-23(4)25-9-7-24(8-10-25)20-28-16-14-27(15-17-28)12-6-18-30-26-11-13-29(21-26)19-22(2)3/h7-10,22-23,26H,5-6,11-21H2,1-4H3/t23?,26-/m1/s1. The molecule has 2 atom stereocenters. The average Bonchev–Trinajstić information content (AvgIpc) is 3.19. The molecule has 4 heteroatoms. The highest BCUT2D eigenvalue weighted by Crippen LogP contribution is 2.20. The molecule has 3 rings (SSSR count). The fourth-order valence-corrected chi connectivity index (χ4v) is 4.77. The molecule has 0 saturated carbocycles. The average molecular weight is 416 g/mol. The molecule has 2 aliphatic heterocycles. The van der Waals surface area contributed by atoms with E-state index in [0.29, 0.717) is 12.0 Å². The Kier molecular flexibility index (Phi) is 9.64. The molecule has 0 bridgehead atoms. The van der Waals surface area contributed by atoms with Crippen LogP contribution in [-0.4, -0.2) is 79.8 Å². The number of hydrogen-bond donors (Lipinski definition) is 0. The molecule has 0 amide bonds. The van der Waals surface area contributed by atoms with E-state index >= 15 is 0 Å². The van der Waals surface area contributed by atoms with Crippen LogP contribution in [-0.2, 0) is 11.3 Å². The van der Waals surface area contributed by atoms with Gasteiger partial charge in [0.15, 0.2) is 0 Å². The predicted octanol–water partition coefficient (Wildman–Crippen LogP) is 4.45. The summed E-state index contributed by atoms with van der Waals surface area (Å²) in [6.45, 7) is 20.7. The van der Waals surface area contributed by atoms with E-state index in [2.05, 4.69) is 66.7 Å². The monoisotopic (exact) mass is 415 g/mol. The van der Waals surface area contributed by atoms with Gasteiger partial charge in [-0.2, -0.15) is 0 Å². The molecule has 4 nitrogen and oxygen atoms in total. The number of hydrogen-bond acceptors (Lipinski definition) is 4. The van der Waals surface area contributed by atoms with Crippen molar-refractivity contribution in [3.05, 3.63) is 35.4 Å². The SMILES string of the molecule is CCC(C)c1ccc(CN2CCN(CCCO[C@@H]3CCN(CC(C)C)C3)CC2)cc1. The Labute approximate surface area is 185 Å². The Morgan fingerprint density at radius 3 is 2.30 bits per heavy atom. The van der Waals surface area contributed by atoms with E-state index < -0.39 is 0 Å². The van der Waals surface area contributed by atoms with Crippen molar-refractivity contribution in [2.75, 3.05) is 59.0 Å². The first-order valence-electron chi connectivity index (χ1n) is 12.4. The third kappa shape index (κ3) is 7.64. The van der Waals surface area contributed by atoms with Crippen molar-refractivity contribution < 1.29 is 4.74 Å². The van der Waals surface area contributed by atoms with Gasteiger partial charge in [0, 0.05) is 65.5 Å². The van der Waals surface area contributed by atoms with E-state index in [0.717, 1.165) is 32.0 Å². The molecule has 2 saturated heterocycles. The maximum atomic E-state index is 6.16. The predicted molar refractivity (Wildman–Crippen MR) is 127 cm³/mol. The van der Waals surface area contributed by atoms with E-state index in [1.807, 2.05) is 0 Å². The Bertz CT molecular complexity index is 595. The lowest BCUT2D eigenvalue weighted by Crippen LogP contribution is -2.46. The van der Waals surface area contributed by atoms with Crippen LogP contribution in [0, 0.1) is 5.92 Å². The highest BCUT2D eigenvalue weighted by molar-refractivity contribution is 5.25. The summed E-state index contributed by atoms with van der Waals surface area (Å²) in [4.78, 5) is 7.78. The summed E-state index contributed by atoms with van der Waals surface area (Å²) < 4.78 is 6.16. The molecule has 0 spiro atoms. The van der Waals surface area contributed by atoms with Gasteiger partial charge in [0.2, 0.25) is 0 Å². The van der Waals surface area contributed by atoms with Crippen molar-refractivity contribution in [1.29, 1.82) is 0 Å². The van der Waals surface area contributed by atoms with Crippen LogP contribution in [0.3, 0.4) is 0 Å². The van der Waals surface area contributed by atoms with Crippen LogP contribution in [0.5, 0.6) is 0 Å². The van der Waals surface area contributed by atoms with Gasteiger partial charge >= 0.3 is 0 Å².